The molecule has 0 bridgehead atoms. The Morgan fingerprint density at radius 2 is 1.39 bits per heavy atom. The molecule has 5 aromatic rings. The van der Waals surface area contributed by atoms with E-state index >= 15 is 0 Å². The number of halogens is 1. The average molecular weight is 678 g/mol. The molecule has 0 amide bonds. The van der Waals surface area contributed by atoms with Crippen molar-refractivity contribution in [2.45, 2.75) is 23.6 Å². The molecule has 8 nitrogen and oxygen atoms in total. The molecule has 0 saturated heterocycles. The first kappa shape index (κ1) is 33.5. The quantitative estimate of drug-likeness (QED) is 0.113. The molecular formula is C35H38ClN4O4S2+. The summed E-state index contributed by atoms with van der Waals surface area (Å²) in [4.78, 5) is 30.9. The number of nitrogens with zero attached hydrogens (tertiary/aromatic N) is 4. The Morgan fingerprint density at radius 3 is 1.93 bits per heavy atom. The average Bonchev–Trinajstić information content (AvgIpc) is 3.54. The standard InChI is InChI=1S/C35H38ClN4O4S2/c1-9-43-34(41)30-32(45-7)28(25-19-23(37(3)4)15-17-39(25)30)27(21-11-13-22(36)14-12-21)29-26-20-24(38(5)6)16-18-40(26)31(33(29)46-8)35(42)44-10-2/h11-20H,9-10H2,1-8H3/q+1. The van der Waals surface area contributed by atoms with Crippen molar-refractivity contribution in [1.82, 2.24) is 13.4 Å². The molecule has 4 heterocycles. The third-order valence-corrected chi connectivity index (χ3v) is 9.63. The van der Waals surface area contributed by atoms with Crippen molar-refractivity contribution in [1.29, 1.82) is 0 Å². The second-order valence-corrected chi connectivity index (χ2v) is 13.0. The van der Waals surface area contributed by atoms with Crippen LogP contribution in [0.3, 0.4) is 0 Å². The number of thioether (sulfide) groups is 2. The van der Waals surface area contributed by atoms with E-state index in [1.807, 2.05) is 108 Å². The van der Waals surface area contributed by atoms with Crippen molar-refractivity contribution in [3.63, 3.8) is 0 Å². The van der Waals surface area contributed by atoms with E-state index in [-0.39, 0.29) is 13.2 Å². The lowest BCUT2D eigenvalue weighted by Gasteiger charge is -2.15. The van der Waals surface area contributed by atoms with Gasteiger partial charge in [-0.05, 0) is 56.2 Å². The number of carbonyl (C=O) groups is 2. The molecule has 0 aliphatic rings. The van der Waals surface area contributed by atoms with Gasteiger partial charge >= 0.3 is 11.9 Å². The molecule has 0 unspecified atom stereocenters. The van der Waals surface area contributed by atoms with E-state index in [1.54, 1.807) is 13.8 Å². The number of carbonyl (C=O) groups excluding carboxylic acids is 2. The fourth-order valence-corrected chi connectivity index (χ4v) is 7.39. The number of pyridine rings is 2. The van der Waals surface area contributed by atoms with Gasteiger partial charge in [0.05, 0.1) is 24.2 Å². The van der Waals surface area contributed by atoms with Crippen molar-refractivity contribution in [2.24, 2.45) is 0 Å². The molecule has 1 aromatic carbocycles. The van der Waals surface area contributed by atoms with Crippen LogP contribution >= 0.6 is 35.1 Å². The predicted octanol–water partition coefficient (Wildman–Crippen LogP) is 5.71. The number of benzene rings is 1. The zero-order valence-corrected chi connectivity index (χ0v) is 29.7. The van der Waals surface area contributed by atoms with Gasteiger partial charge in [-0.3, -0.25) is 0 Å². The summed E-state index contributed by atoms with van der Waals surface area (Å²) in [6.07, 6.45) is 7.77. The van der Waals surface area contributed by atoms with E-state index in [1.165, 1.54) is 23.5 Å². The van der Waals surface area contributed by atoms with Gasteiger partial charge in [0.2, 0.25) is 5.36 Å². The summed E-state index contributed by atoms with van der Waals surface area (Å²) in [5.74, 6) is -0.815. The SMILES string of the molecule is CCOC(=O)c1c(SC)c(/C(c2ccc(Cl)cc2)=c2/c(SC)c(C(=O)OCC)n3ccc(=[N+](C)C)cc23)c2cc(N(C)C)ccn12. The van der Waals surface area contributed by atoms with E-state index in [0.29, 0.717) is 16.4 Å². The molecule has 11 heteroatoms. The number of rotatable bonds is 9. The van der Waals surface area contributed by atoms with Crippen LogP contribution in [0.2, 0.25) is 5.02 Å². The van der Waals surface area contributed by atoms with Crippen LogP contribution < -0.4 is 20.1 Å². The third kappa shape index (κ3) is 5.89. The maximum atomic E-state index is 13.7. The van der Waals surface area contributed by atoms with Crippen LogP contribution in [0.5, 0.6) is 0 Å². The number of ether oxygens (including phenoxy) is 2. The van der Waals surface area contributed by atoms with E-state index in [2.05, 4.69) is 12.1 Å². The Balaban J connectivity index is 2.16. The first-order chi connectivity index (χ1) is 22.1. The van der Waals surface area contributed by atoms with Crippen LogP contribution in [0.1, 0.15) is 46.0 Å². The molecular weight excluding hydrogens is 640 g/mol. The maximum Gasteiger partial charge on any atom is 0.356 e. The normalized spacial score (nSPS) is 12.0. The van der Waals surface area contributed by atoms with Crippen molar-refractivity contribution in [3.8, 4) is 0 Å². The highest BCUT2D eigenvalue weighted by Crippen LogP contribution is 2.40. The number of esters is 2. The highest BCUT2D eigenvalue weighted by molar-refractivity contribution is 7.99. The van der Waals surface area contributed by atoms with E-state index < -0.39 is 11.9 Å². The number of fused-ring (bicyclic) bond motifs is 2. The largest absolute Gasteiger partial charge is 0.461 e. The van der Waals surface area contributed by atoms with Crippen molar-refractivity contribution in [2.75, 3.05) is 58.8 Å². The van der Waals surface area contributed by atoms with Gasteiger partial charge in [-0.2, -0.15) is 0 Å². The lowest BCUT2D eigenvalue weighted by Crippen LogP contribution is -2.22. The van der Waals surface area contributed by atoms with Gasteiger partial charge in [-0.25, -0.2) is 14.2 Å². The molecule has 5 rings (SSSR count). The summed E-state index contributed by atoms with van der Waals surface area (Å²) < 4.78 is 17.1. The van der Waals surface area contributed by atoms with Gasteiger partial charge in [0.15, 0.2) is 0 Å². The third-order valence-electron chi connectivity index (χ3n) is 7.77. The van der Waals surface area contributed by atoms with Crippen LogP contribution in [0, 0.1) is 0 Å². The Kier molecular flexibility index (Phi) is 10.1. The minimum Gasteiger partial charge on any atom is -0.461 e. The Hall–Kier alpha value is -3.86. The monoisotopic (exact) mass is 677 g/mol. The Labute approximate surface area is 282 Å². The minimum absolute atomic E-state index is 0.246. The lowest BCUT2D eigenvalue weighted by molar-refractivity contribution is 0.0504. The molecule has 0 spiro atoms. The van der Waals surface area contributed by atoms with Crippen LogP contribution in [0.4, 0.5) is 5.69 Å². The summed E-state index contributed by atoms with van der Waals surface area (Å²) in [6, 6.07) is 15.8. The molecule has 4 aromatic heterocycles. The van der Waals surface area contributed by atoms with E-state index in [0.717, 1.165) is 53.8 Å². The molecule has 0 aliphatic heterocycles. The van der Waals surface area contributed by atoms with Gasteiger partial charge in [-0.1, -0.05) is 23.7 Å². The van der Waals surface area contributed by atoms with Gasteiger partial charge < -0.3 is 23.2 Å². The predicted molar refractivity (Wildman–Crippen MR) is 190 cm³/mol. The van der Waals surface area contributed by atoms with Crippen molar-refractivity contribution >= 4 is 69.4 Å². The Bertz CT molecular complexity index is 2100. The molecule has 0 fully saturated rings. The summed E-state index contributed by atoms with van der Waals surface area (Å²) in [6.45, 7) is 4.10. The zero-order chi connectivity index (χ0) is 33.3. The first-order valence-electron chi connectivity index (χ1n) is 14.8. The zero-order valence-electron chi connectivity index (χ0n) is 27.3. The molecule has 0 atom stereocenters. The number of aromatic nitrogens is 2. The number of hydrogen-bond donors (Lipinski definition) is 0. The molecule has 0 aliphatic carbocycles. The first-order valence-corrected chi connectivity index (χ1v) is 17.7. The Morgan fingerprint density at radius 1 is 0.826 bits per heavy atom. The second kappa shape index (κ2) is 13.9. The van der Waals surface area contributed by atoms with Crippen LogP contribution in [-0.2, 0) is 9.47 Å². The second-order valence-electron chi connectivity index (χ2n) is 10.9. The highest BCUT2D eigenvalue weighted by atomic mass is 35.5. The van der Waals surface area contributed by atoms with Crippen molar-refractivity contribution < 1.29 is 19.1 Å². The highest BCUT2D eigenvalue weighted by Gasteiger charge is 2.30. The maximum absolute atomic E-state index is 13.7. The molecule has 46 heavy (non-hydrogen) atoms. The van der Waals surface area contributed by atoms with E-state index in [4.69, 9.17) is 21.1 Å². The number of hydrogen-bond acceptors (Lipinski definition) is 7. The van der Waals surface area contributed by atoms with Gasteiger partial charge in [-0.15, -0.1) is 23.5 Å². The van der Waals surface area contributed by atoms with Crippen LogP contribution in [0.25, 0.3) is 16.6 Å². The van der Waals surface area contributed by atoms with Gasteiger partial charge in [0.25, 0.3) is 0 Å². The van der Waals surface area contributed by atoms with Crippen LogP contribution in [0.15, 0.2) is 70.7 Å². The molecule has 0 radical (unpaired) electrons. The minimum atomic E-state index is -0.407. The summed E-state index contributed by atoms with van der Waals surface area (Å²) in [7, 11) is 7.95. The summed E-state index contributed by atoms with van der Waals surface area (Å²) in [5, 5.41) is 2.43. The van der Waals surface area contributed by atoms with Crippen molar-refractivity contribution in [3.05, 3.63) is 99.0 Å². The molecule has 240 valence electrons. The van der Waals surface area contributed by atoms with Gasteiger partial charge in [0, 0.05) is 75.5 Å². The van der Waals surface area contributed by atoms with Gasteiger partial charge in [0.1, 0.15) is 25.5 Å². The smallest absolute Gasteiger partial charge is 0.356 e. The molecule has 0 N–H and O–H groups in total. The van der Waals surface area contributed by atoms with Crippen LogP contribution in [-0.4, -0.2) is 74.7 Å². The summed E-state index contributed by atoms with van der Waals surface area (Å²) >= 11 is 9.41. The lowest BCUT2D eigenvalue weighted by atomic mass is 9.95. The fraction of sp³-hybridized carbons (Fsp3) is 0.286. The summed E-state index contributed by atoms with van der Waals surface area (Å²) in [5.41, 5.74) is 6.13. The fourth-order valence-electron chi connectivity index (χ4n) is 5.69. The topological polar surface area (TPSA) is 67.7 Å². The number of anilines is 1. The molecule has 0 saturated carbocycles. The van der Waals surface area contributed by atoms with E-state index in [9.17, 15) is 9.59 Å².